The summed E-state index contributed by atoms with van der Waals surface area (Å²) in [5.41, 5.74) is 3.10. The average Bonchev–Trinajstić information content (AvgIpc) is 2.50. The van der Waals surface area contributed by atoms with Gasteiger partial charge in [-0.15, -0.1) is 0 Å². The van der Waals surface area contributed by atoms with Gasteiger partial charge in [0.15, 0.2) is 0 Å². The number of carbonyl (C=O) groups excluding carboxylic acids is 2. The molecule has 5 nitrogen and oxygen atoms in total. The van der Waals surface area contributed by atoms with Crippen molar-refractivity contribution in [2.24, 2.45) is 0 Å². The van der Waals surface area contributed by atoms with Crippen LogP contribution in [0.5, 0.6) is 0 Å². The molecule has 0 radical (unpaired) electrons. The molecule has 2 amide bonds. The molecule has 0 atom stereocenters. The lowest BCUT2D eigenvalue weighted by Gasteiger charge is -2.23. The SMILES string of the molecule is CNC(=O)CCN(C)C(=O)c1cccc2c1CCNC2. The first-order valence-electron chi connectivity index (χ1n) is 6.91. The summed E-state index contributed by atoms with van der Waals surface area (Å²) in [4.78, 5) is 25.4. The van der Waals surface area contributed by atoms with E-state index in [-0.39, 0.29) is 11.8 Å². The van der Waals surface area contributed by atoms with E-state index in [2.05, 4.69) is 16.7 Å². The molecule has 0 fully saturated rings. The number of nitrogens with one attached hydrogen (secondary N) is 2. The largest absolute Gasteiger partial charge is 0.359 e. The zero-order chi connectivity index (χ0) is 14.5. The van der Waals surface area contributed by atoms with Crippen LogP contribution in [0.3, 0.4) is 0 Å². The van der Waals surface area contributed by atoms with Gasteiger partial charge >= 0.3 is 0 Å². The minimum absolute atomic E-state index is 0.00680. The highest BCUT2D eigenvalue weighted by Gasteiger charge is 2.20. The van der Waals surface area contributed by atoms with Gasteiger partial charge in [-0.05, 0) is 30.2 Å². The molecule has 0 spiro atoms. The van der Waals surface area contributed by atoms with Crippen LogP contribution in [-0.4, -0.2) is 43.9 Å². The van der Waals surface area contributed by atoms with E-state index in [4.69, 9.17) is 0 Å². The predicted molar refractivity (Wildman–Crippen MR) is 77.5 cm³/mol. The predicted octanol–water partition coefficient (Wildman–Crippen LogP) is 0.540. The molecular formula is C15H21N3O2. The first-order chi connectivity index (χ1) is 9.63. The van der Waals surface area contributed by atoms with Crippen molar-refractivity contribution in [3.05, 3.63) is 34.9 Å². The molecule has 0 bridgehead atoms. The van der Waals surface area contributed by atoms with Crippen LogP contribution in [0.1, 0.15) is 27.9 Å². The third-order valence-electron chi connectivity index (χ3n) is 3.67. The van der Waals surface area contributed by atoms with Crippen LogP contribution >= 0.6 is 0 Å². The molecule has 2 N–H and O–H groups in total. The average molecular weight is 275 g/mol. The van der Waals surface area contributed by atoms with Crippen LogP contribution in [0.4, 0.5) is 0 Å². The molecule has 1 heterocycles. The molecule has 0 unspecified atom stereocenters. The molecule has 108 valence electrons. The van der Waals surface area contributed by atoms with Crippen LogP contribution in [-0.2, 0) is 17.8 Å². The molecule has 1 aromatic rings. The van der Waals surface area contributed by atoms with Crippen molar-refractivity contribution >= 4 is 11.8 Å². The van der Waals surface area contributed by atoms with Crippen LogP contribution in [0.2, 0.25) is 0 Å². The maximum absolute atomic E-state index is 12.5. The summed E-state index contributed by atoms with van der Waals surface area (Å²) in [6, 6.07) is 5.86. The van der Waals surface area contributed by atoms with Gasteiger partial charge in [0.05, 0.1) is 0 Å². The topological polar surface area (TPSA) is 61.4 Å². The second-order valence-electron chi connectivity index (χ2n) is 5.02. The zero-order valence-electron chi connectivity index (χ0n) is 12.0. The van der Waals surface area contributed by atoms with Gasteiger partial charge in [-0.3, -0.25) is 9.59 Å². The fourth-order valence-corrected chi connectivity index (χ4v) is 2.43. The number of hydrogen-bond donors (Lipinski definition) is 2. The van der Waals surface area contributed by atoms with Crippen molar-refractivity contribution in [2.75, 3.05) is 27.2 Å². The highest BCUT2D eigenvalue weighted by atomic mass is 16.2. The van der Waals surface area contributed by atoms with Crippen molar-refractivity contribution < 1.29 is 9.59 Å². The van der Waals surface area contributed by atoms with Crippen molar-refractivity contribution in [1.82, 2.24) is 15.5 Å². The lowest BCUT2D eigenvalue weighted by Crippen LogP contribution is -2.33. The van der Waals surface area contributed by atoms with Gasteiger partial charge in [0.2, 0.25) is 5.91 Å². The van der Waals surface area contributed by atoms with Gasteiger partial charge in [0.1, 0.15) is 0 Å². The highest BCUT2D eigenvalue weighted by molar-refractivity contribution is 5.96. The Balaban J connectivity index is 2.11. The summed E-state index contributed by atoms with van der Waals surface area (Å²) in [6.07, 6.45) is 1.20. The number of fused-ring (bicyclic) bond motifs is 1. The molecule has 0 aliphatic carbocycles. The lowest BCUT2D eigenvalue weighted by molar-refractivity contribution is -0.120. The fraction of sp³-hybridized carbons (Fsp3) is 0.467. The number of carbonyl (C=O) groups is 2. The summed E-state index contributed by atoms with van der Waals surface area (Å²) >= 11 is 0. The van der Waals surface area contributed by atoms with E-state index in [0.717, 1.165) is 30.6 Å². The summed E-state index contributed by atoms with van der Waals surface area (Å²) < 4.78 is 0. The summed E-state index contributed by atoms with van der Waals surface area (Å²) in [5, 5.41) is 5.87. The monoisotopic (exact) mass is 275 g/mol. The standard InChI is InChI=1S/C15H21N3O2/c1-16-14(19)7-9-18(2)15(20)13-5-3-4-11-10-17-8-6-12(11)13/h3-5,17H,6-10H2,1-2H3,(H,16,19). The third kappa shape index (κ3) is 3.17. The van der Waals surface area contributed by atoms with Crippen LogP contribution in [0.25, 0.3) is 0 Å². The Hall–Kier alpha value is -1.88. The van der Waals surface area contributed by atoms with Gasteiger partial charge in [-0.1, -0.05) is 12.1 Å². The summed E-state index contributed by atoms with van der Waals surface area (Å²) in [6.45, 7) is 2.15. The molecular weight excluding hydrogens is 254 g/mol. The van der Waals surface area contributed by atoms with Crippen molar-refractivity contribution in [1.29, 1.82) is 0 Å². The minimum atomic E-state index is -0.0519. The zero-order valence-corrected chi connectivity index (χ0v) is 12.0. The Bertz CT molecular complexity index is 514. The maximum Gasteiger partial charge on any atom is 0.253 e. The lowest BCUT2D eigenvalue weighted by atomic mass is 9.95. The molecule has 2 rings (SSSR count). The number of amides is 2. The van der Waals surface area contributed by atoms with Gasteiger partial charge in [-0.2, -0.15) is 0 Å². The van der Waals surface area contributed by atoms with Crippen molar-refractivity contribution in [3.63, 3.8) is 0 Å². The molecule has 1 aliphatic heterocycles. The normalized spacial score (nSPS) is 13.5. The Morgan fingerprint density at radius 3 is 2.95 bits per heavy atom. The van der Waals surface area contributed by atoms with E-state index in [1.54, 1.807) is 19.0 Å². The number of hydrogen-bond acceptors (Lipinski definition) is 3. The van der Waals surface area contributed by atoms with Gasteiger partial charge in [0.25, 0.3) is 5.91 Å². The number of rotatable bonds is 4. The third-order valence-corrected chi connectivity index (χ3v) is 3.67. The van der Waals surface area contributed by atoms with Gasteiger partial charge < -0.3 is 15.5 Å². The van der Waals surface area contributed by atoms with Gasteiger partial charge in [-0.25, -0.2) is 0 Å². The Morgan fingerprint density at radius 1 is 1.40 bits per heavy atom. The van der Waals surface area contributed by atoms with Gasteiger partial charge in [0, 0.05) is 39.2 Å². The molecule has 20 heavy (non-hydrogen) atoms. The molecule has 1 aliphatic rings. The smallest absolute Gasteiger partial charge is 0.253 e. The Morgan fingerprint density at radius 2 is 2.20 bits per heavy atom. The quantitative estimate of drug-likeness (QED) is 0.843. The second kappa shape index (κ2) is 6.52. The Kier molecular flexibility index (Phi) is 4.74. The highest BCUT2D eigenvalue weighted by Crippen LogP contribution is 2.20. The molecule has 5 heteroatoms. The first kappa shape index (κ1) is 14.5. The molecule has 0 saturated carbocycles. The van der Waals surface area contributed by atoms with E-state index < -0.39 is 0 Å². The van der Waals surface area contributed by atoms with Crippen molar-refractivity contribution in [3.8, 4) is 0 Å². The van der Waals surface area contributed by atoms with Crippen LogP contribution < -0.4 is 10.6 Å². The summed E-state index contributed by atoms with van der Waals surface area (Å²) in [7, 11) is 3.34. The van der Waals surface area contributed by atoms with E-state index in [9.17, 15) is 9.59 Å². The van der Waals surface area contributed by atoms with E-state index in [0.29, 0.717) is 13.0 Å². The van der Waals surface area contributed by atoms with E-state index in [1.807, 2.05) is 12.1 Å². The van der Waals surface area contributed by atoms with Crippen LogP contribution in [0, 0.1) is 0 Å². The first-order valence-corrected chi connectivity index (χ1v) is 6.91. The number of nitrogens with zero attached hydrogens (tertiary/aromatic N) is 1. The Labute approximate surface area is 119 Å². The van der Waals surface area contributed by atoms with Crippen molar-refractivity contribution in [2.45, 2.75) is 19.4 Å². The minimum Gasteiger partial charge on any atom is -0.359 e. The molecule has 0 saturated heterocycles. The summed E-state index contributed by atoms with van der Waals surface area (Å²) in [5.74, 6) is -0.0587. The molecule has 1 aromatic carbocycles. The second-order valence-corrected chi connectivity index (χ2v) is 5.02. The molecule has 0 aromatic heterocycles. The fourth-order valence-electron chi connectivity index (χ4n) is 2.43. The van der Waals surface area contributed by atoms with Crippen LogP contribution in [0.15, 0.2) is 18.2 Å². The van der Waals surface area contributed by atoms with E-state index in [1.165, 1.54) is 5.56 Å². The van der Waals surface area contributed by atoms with E-state index >= 15 is 0 Å². The number of benzene rings is 1. The maximum atomic E-state index is 12.5.